The smallest absolute Gasteiger partial charge is 0.0344 e. The van der Waals surface area contributed by atoms with Crippen molar-refractivity contribution in [1.29, 1.82) is 0 Å². The number of rotatable bonds is 2. The van der Waals surface area contributed by atoms with Crippen LogP contribution in [0, 0.1) is 5.92 Å². The molecule has 0 aromatic heterocycles. The molecule has 0 radical (unpaired) electrons. The van der Waals surface area contributed by atoms with E-state index in [4.69, 9.17) is 5.73 Å². The van der Waals surface area contributed by atoms with Crippen LogP contribution in [0.15, 0.2) is 24.3 Å². The molecule has 0 heterocycles. The Bertz CT molecular complexity index is 407. The monoisotopic (exact) mass is 244 g/mol. The second-order valence-electron chi connectivity index (χ2n) is 6.15. The predicted octanol–water partition coefficient (Wildman–Crippen LogP) is 3.30. The minimum Gasteiger partial charge on any atom is -0.324 e. The molecule has 2 aliphatic rings. The molecular formula is C16H24N2. The molecule has 0 aliphatic heterocycles. The topological polar surface area (TPSA) is 38.0 Å². The Morgan fingerprint density at radius 3 is 2.44 bits per heavy atom. The molecule has 2 heteroatoms. The Kier molecular flexibility index (Phi) is 3.40. The van der Waals surface area contributed by atoms with Crippen molar-refractivity contribution in [3.63, 3.8) is 0 Å². The summed E-state index contributed by atoms with van der Waals surface area (Å²) in [5.41, 5.74) is 9.00. The standard InChI is InChI=1S/C16H24N2/c1-11-6-8-12(9-7-11)18-16-10-15(17)13-4-2-3-5-14(13)16/h2-5,11-12,15-16,18H,6-10,17H2,1H3. The SMILES string of the molecule is CC1CCC(NC2CC(N)c3ccccc32)CC1. The van der Waals surface area contributed by atoms with Crippen LogP contribution in [-0.2, 0) is 0 Å². The summed E-state index contributed by atoms with van der Waals surface area (Å²) in [6, 6.07) is 10.1. The average molecular weight is 244 g/mol. The molecule has 0 amide bonds. The summed E-state index contributed by atoms with van der Waals surface area (Å²) >= 11 is 0. The van der Waals surface area contributed by atoms with Crippen molar-refractivity contribution in [3.05, 3.63) is 35.4 Å². The summed E-state index contributed by atoms with van der Waals surface area (Å²) in [4.78, 5) is 0. The van der Waals surface area contributed by atoms with Crippen molar-refractivity contribution in [3.8, 4) is 0 Å². The van der Waals surface area contributed by atoms with Crippen molar-refractivity contribution in [2.75, 3.05) is 0 Å². The molecule has 18 heavy (non-hydrogen) atoms. The summed E-state index contributed by atoms with van der Waals surface area (Å²) in [5.74, 6) is 0.918. The molecule has 1 fully saturated rings. The fourth-order valence-electron chi connectivity index (χ4n) is 3.54. The lowest BCUT2D eigenvalue weighted by Gasteiger charge is -2.30. The van der Waals surface area contributed by atoms with E-state index in [-0.39, 0.29) is 6.04 Å². The Hall–Kier alpha value is -0.860. The summed E-state index contributed by atoms with van der Waals surface area (Å²) in [7, 11) is 0. The maximum atomic E-state index is 6.22. The zero-order valence-corrected chi connectivity index (χ0v) is 11.2. The highest BCUT2D eigenvalue weighted by molar-refractivity contribution is 5.37. The maximum Gasteiger partial charge on any atom is 0.0344 e. The van der Waals surface area contributed by atoms with E-state index in [1.165, 1.54) is 36.8 Å². The molecule has 98 valence electrons. The maximum absolute atomic E-state index is 6.22. The van der Waals surface area contributed by atoms with Crippen LogP contribution < -0.4 is 11.1 Å². The van der Waals surface area contributed by atoms with Gasteiger partial charge in [0.25, 0.3) is 0 Å². The predicted molar refractivity (Wildman–Crippen MR) is 75.3 cm³/mol. The molecule has 0 bridgehead atoms. The van der Waals surface area contributed by atoms with E-state index in [9.17, 15) is 0 Å². The fourth-order valence-corrected chi connectivity index (χ4v) is 3.54. The third-order valence-electron chi connectivity index (χ3n) is 4.71. The summed E-state index contributed by atoms with van der Waals surface area (Å²) in [6.45, 7) is 2.37. The minimum atomic E-state index is 0.223. The zero-order chi connectivity index (χ0) is 12.5. The van der Waals surface area contributed by atoms with E-state index in [1.807, 2.05) is 0 Å². The molecule has 0 saturated heterocycles. The first-order chi connectivity index (χ1) is 8.74. The molecule has 3 N–H and O–H groups in total. The number of hydrogen-bond acceptors (Lipinski definition) is 2. The van der Waals surface area contributed by atoms with Crippen molar-refractivity contribution < 1.29 is 0 Å². The van der Waals surface area contributed by atoms with Gasteiger partial charge in [-0.3, -0.25) is 0 Å². The van der Waals surface area contributed by atoms with Gasteiger partial charge in [0.05, 0.1) is 0 Å². The summed E-state index contributed by atoms with van der Waals surface area (Å²) < 4.78 is 0. The highest BCUT2D eigenvalue weighted by atomic mass is 15.0. The molecule has 2 atom stereocenters. The number of nitrogens with one attached hydrogen (secondary N) is 1. The van der Waals surface area contributed by atoms with Crippen LogP contribution in [0.25, 0.3) is 0 Å². The first-order valence-electron chi connectivity index (χ1n) is 7.34. The van der Waals surface area contributed by atoms with Gasteiger partial charge in [0.1, 0.15) is 0 Å². The minimum absolute atomic E-state index is 0.223. The second-order valence-corrected chi connectivity index (χ2v) is 6.15. The van der Waals surface area contributed by atoms with E-state index >= 15 is 0 Å². The van der Waals surface area contributed by atoms with Crippen LogP contribution >= 0.6 is 0 Å². The van der Waals surface area contributed by atoms with Gasteiger partial charge in [-0.05, 0) is 49.1 Å². The molecule has 1 aromatic carbocycles. The van der Waals surface area contributed by atoms with Gasteiger partial charge in [0.15, 0.2) is 0 Å². The van der Waals surface area contributed by atoms with Crippen LogP contribution in [0.3, 0.4) is 0 Å². The van der Waals surface area contributed by atoms with Crippen LogP contribution in [-0.4, -0.2) is 6.04 Å². The van der Waals surface area contributed by atoms with E-state index < -0.39 is 0 Å². The number of nitrogens with two attached hydrogens (primary N) is 1. The Morgan fingerprint density at radius 2 is 1.72 bits per heavy atom. The fraction of sp³-hybridized carbons (Fsp3) is 0.625. The largest absolute Gasteiger partial charge is 0.324 e. The average Bonchev–Trinajstić information content (AvgIpc) is 2.70. The van der Waals surface area contributed by atoms with Crippen LogP contribution in [0.5, 0.6) is 0 Å². The van der Waals surface area contributed by atoms with Gasteiger partial charge in [-0.25, -0.2) is 0 Å². The van der Waals surface area contributed by atoms with Crippen LogP contribution in [0.1, 0.15) is 62.2 Å². The molecular weight excluding hydrogens is 220 g/mol. The van der Waals surface area contributed by atoms with Crippen molar-refractivity contribution in [2.45, 2.75) is 57.2 Å². The normalized spacial score (nSPS) is 35.4. The van der Waals surface area contributed by atoms with Gasteiger partial charge >= 0.3 is 0 Å². The molecule has 2 unspecified atom stereocenters. The van der Waals surface area contributed by atoms with Crippen LogP contribution in [0.4, 0.5) is 0 Å². The van der Waals surface area contributed by atoms with E-state index in [1.54, 1.807) is 0 Å². The molecule has 1 aromatic rings. The third kappa shape index (κ3) is 2.32. The number of fused-ring (bicyclic) bond motifs is 1. The number of hydrogen-bond donors (Lipinski definition) is 2. The highest BCUT2D eigenvalue weighted by Crippen LogP contribution is 2.38. The van der Waals surface area contributed by atoms with E-state index in [0.717, 1.165) is 12.3 Å². The summed E-state index contributed by atoms with van der Waals surface area (Å²) in [6.07, 6.45) is 6.46. The van der Waals surface area contributed by atoms with Gasteiger partial charge in [0, 0.05) is 18.1 Å². The van der Waals surface area contributed by atoms with Crippen LogP contribution in [0.2, 0.25) is 0 Å². The molecule has 1 saturated carbocycles. The second kappa shape index (κ2) is 5.02. The quantitative estimate of drug-likeness (QED) is 0.837. The Labute approximate surface area is 110 Å². The lowest BCUT2D eigenvalue weighted by Crippen LogP contribution is -2.35. The number of benzene rings is 1. The molecule has 3 rings (SSSR count). The third-order valence-corrected chi connectivity index (χ3v) is 4.71. The van der Waals surface area contributed by atoms with E-state index in [2.05, 4.69) is 36.5 Å². The van der Waals surface area contributed by atoms with E-state index in [0.29, 0.717) is 12.1 Å². The molecule has 0 spiro atoms. The Balaban J connectivity index is 1.68. The van der Waals surface area contributed by atoms with Crippen molar-refractivity contribution in [1.82, 2.24) is 5.32 Å². The molecule has 2 nitrogen and oxygen atoms in total. The van der Waals surface area contributed by atoms with Gasteiger partial charge in [-0.1, -0.05) is 31.2 Å². The lowest BCUT2D eigenvalue weighted by atomic mass is 9.87. The highest BCUT2D eigenvalue weighted by Gasteiger charge is 2.30. The summed E-state index contributed by atoms with van der Waals surface area (Å²) in [5, 5.41) is 3.84. The van der Waals surface area contributed by atoms with Gasteiger partial charge < -0.3 is 11.1 Å². The lowest BCUT2D eigenvalue weighted by molar-refractivity contribution is 0.284. The van der Waals surface area contributed by atoms with Crippen molar-refractivity contribution >= 4 is 0 Å². The van der Waals surface area contributed by atoms with Crippen molar-refractivity contribution in [2.24, 2.45) is 11.7 Å². The first-order valence-corrected chi connectivity index (χ1v) is 7.34. The first kappa shape index (κ1) is 12.2. The van der Waals surface area contributed by atoms with Gasteiger partial charge in [-0.15, -0.1) is 0 Å². The zero-order valence-electron chi connectivity index (χ0n) is 11.2. The molecule has 2 aliphatic carbocycles. The Morgan fingerprint density at radius 1 is 1.06 bits per heavy atom. The van der Waals surface area contributed by atoms with Gasteiger partial charge in [-0.2, -0.15) is 0 Å². The van der Waals surface area contributed by atoms with Gasteiger partial charge in [0.2, 0.25) is 0 Å².